The molecule has 3 aromatic rings. The van der Waals surface area contributed by atoms with Crippen LogP contribution in [0.5, 0.6) is 0 Å². The van der Waals surface area contributed by atoms with Crippen molar-refractivity contribution in [3.8, 4) is 5.69 Å². The van der Waals surface area contributed by atoms with Crippen molar-refractivity contribution < 1.29 is 4.79 Å². The minimum absolute atomic E-state index is 0.144. The van der Waals surface area contributed by atoms with Gasteiger partial charge in [-0.15, -0.1) is 11.3 Å². The molecular weight excluding hydrogens is 358 g/mol. The fourth-order valence-corrected chi connectivity index (χ4v) is 4.15. The number of aromatic nitrogens is 3. The van der Waals surface area contributed by atoms with Gasteiger partial charge in [0, 0.05) is 36.4 Å². The van der Waals surface area contributed by atoms with Gasteiger partial charge < -0.3 is 0 Å². The number of rotatable bonds is 5. The van der Waals surface area contributed by atoms with Crippen molar-refractivity contribution in [2.75, 3.05) is 18.4 Å². The van der Waals surface area contributed by atoms with E-state index in [1.54, 1.807) is 23.0 Å². The normalized spacial score (nSPS) is 17.7. The molecule has 0 bridgehead atoms. The molecule has 1 N–H and O–H groups in total. The zero-order valence-corrected chi connectivity index (χ0v) is 16.2. The van der Waals surface area contributed by atoms with E-state index in [9.17, 15) is 4.79 Å². The Morgan fingerprint density at radius 1 is 1.33 bits per heavy atom. The van der Waals surface area contributed by atoms with E-state index in [2.05, 4.69) is 27.2 Å². The van der Waals surface area contributed by atoms with E-state index in [1.807, 2.05) is 29.8 Å². The summed E-state index contributed by atoms with van der Waals surface area (Å²) in [5, 5.41) is 9.78. The largest absolute Gasteiger partial charge is 0.298 e. The molecular formula is C20H23N5OS. The number of carbonyl (C=O) groups excluding carboxylic acids is 1. The van der Waals surface area contributed by atoms with E-state index in [0.717, 1.165) is 36.9 Å². The van der Waals surface area contributed by atoms with Gasteiger partial charge in [0.25, 0.3) is 5.91 Å². The number of piperidine rings is 1. The van der Waals surface area contributed by atoms with Gasteiger partial charge in [0.1, 0.15) is 0 Å². The van der Waals surface area contributed by atoms with Gasteiger partial charge in [-0.2, -0.15) is 5.10 Å². The SMILES string of the molecule is CC1CCCN(Cc2csc(NC(=O)c3ccc(-n4cccn4)cc3)n2)C1. The standard InChI is InChI=1S/C20H23N5OS/c1-15-4-2-10-24(12-15)13-17-14-27-20(22-17)23-19(26)16-5-7-18(8-6-16)25-11-3-9-21-25/h3,5-9,11,14-15H,2,4,10,12-13H2,1H3,(H,22,23,26). The van der Waals surface area contributed by atoms with E-state index in [0.29, 0.717) is 10.7 Å². The Morgan fingerprint density at radius 3 is 2.93 bits per heavy atom. The first-order chi connectivity index (χ1) is 13.2. The minimum Gasteiger partial charge on any atom is -0.298 e. The minimum atomic E-state index is -0.144. The molecule has 0 radical (unpaired) electrons. The van der Waals surface area contributed by atoms with Gasteiger partial charge in [0.2, 0.25) is 0 Å². The molecule has 1 unspecified atom stereocenters. The zero-order chi connectivity index (χ0) is 18.6. The number of benzene rings is 1. The van der Waals surface area contributed by atoms with Gasteiger partial charge >= 0.3 is 0 Å². The highest BCUT2D eigenvalue weighted by molar-refractivity contribution is 7.13. The number of anilines is 1. The van der Waals surface area contributed by atoms with Crippen LogP contribution in [0.2, 0.25) is 0 Å². The third kappa shape index (κ3) is 4.43. The Kier molecular flexibility index (Phi) is 5.31. The first-order valence-corrected chi connectivity index (χ1v) is 10.1. The third-order valence-corrected chi connectivity index (χ3v) is 5.60. The molecule has 1 aliphatic rings. The summed E-state index contributed by atoms with van der Waals surface area (Å²) < 4.78 is 1.76. The smallest absolute Gasteiger partial charge is 0.257 e. The van der Waals surface area contributed by atoms with Crippen molar-refractivity contribution in [2.45, 2.75) is 26.3 Å². The van der Waals surface area contributed by atoms with E-state index >= 15 is 0 Å². The van der Waals surface area contributed by atoms with Crippen molar-refractivity contribution in [3.63, 3.8) is 0 Å². The monoisotopic (exact) mass is 381 g/mol. The molecule has 3 heterocycles. The van der Waals surface area contributed by atoms with Crippen LogP contribution in [0.25, 0.3) is 5.69 Å². The maximum absolute atomic E-state index is 12.5. The Hall–Kier alpha value is -2.51. The number of amides is 1. The van der Waals surface area contributed by atoms with Gasteiger partial charge in [-0.1, -0.05) is 6.92 Å². The molecule has 1 atom stereocenters. The summed E-state index contributed by atoms with van der Waals surface area (Å²) in [5.74, 6) is 0.607. The summed E-state index contributed by atoms with van der Waals surface area (Å²) in [6.07, 6.45) is 6.16. The topological polar surface area (TPSA) is 63.1 Å². The van der Waals surface area contributed by atoms with Crippen molar-refractivity contribution in [3.05, 3.63) is 59.4 Å². The van der Waals surface area contributed by atoms with E-state index in [1.165, 1.54) is 24.2 Å². The maximum atomic E-state index is 12.5. The maximum Gasteiger partial charge on any atom is 0.257 e. The Labute approximate surface area is 162 Å². The summed E-state index contributed by atoms with van der Waals surface area (Å²) in [6.45, 7) is 5.42. The Morgan fingerprint density at radius 2 is 2.19 bits per heavy atom. The lowest BCUT2D eigenvalue weighted by Gasteiger charge is -2.30. The van der Waals surface area contributed by atoms with Crippen LogP contribution in [0.3, 0.4) is 0 Å². The molecule has 6 nitrogen and oxygen atoms in total. The predicted molar refractivity (Wildman–Crippen MR) is 107 cm³/mol. The first kappa shape index (κ1) is 17.9. The van der Waals surface area contributed by atoms with Crippen LogP contribution < -0.4 is 5.32 Å². The van der Waals surface area contributed by atoms with Crippen molar-refractivity contribution in [2.24, 2.45) is 5.92 Å². The number of hydrogen-bond acceptors (Lipinski definition) is 5. The summed E-state index contributed by atoms with van der Waals surface area (Å²) >= 11 is 1.48. The molecule has 0 spiro atoms. The molecule has 1 amide bonds. The van der Waals surface area contributed by atoms with E-state index in [4.69, 9.17) is 0 Å². The molecule has 4 rings (SSSR count). The van der Waals surface area contributed by atoms with Crippen LogP contribution in [0.15, 0.2) is 48.1 Å². The van der Waals surface area contributed by atoms with Crippen LogP contribution in [-0.4, -0.2) is 38.7 Å². The Balaban J connectivity index is 1.36. The van der Waals surface area contributed by atoms with Gasteiger partial charge in [0.05, 0.1) is 11.4 Å². The van der Waals surface area contributed by atoms with Gasteiger partial charge in [-0.25, -0.2) is 9.67 Å². The molecule has 1 aliphatic heterocycles. The summed E-state index contributed by atoms with van der Waals surface area (Å²) in [5.41, 5.74) is 2.55. The van der Waals surface area contributed by atoms with Crippen LogP contribution in [0, 0.1) is 5.92 Å². The van der Waals surface area contributed by atoms with Crippen molar-refractivity contribution in [1.82, 2.24) is 19.7 Å². The average Bonchev–Trinajstić information content (AvgIpc) is 3.34. The van der Waals surface area contributed by atoms with E-state index < -0.39 is 0 Å². The van der Waals surface area contributed by atoms with Crippen molar-refractivity contribution in [1.29, 1.82) is 0 Å². The highest BCUT2D eigenvalue weighted by atomic mass is 32.1. The van der Waals surface area contributed by atoms with Gasteiger partial charge in [-0.3, -0.25) is 15.0 Å². The van der Waals surface area contributed by atoms with Crippen LogP contribution in [0.1, 0.15) is 35.8 Å². The number of likely N-dealkylation sites (tertiary alicyclic amines) is 1. The molecule has 140 valence electrons. The van der Waals surface area contributed by atoms with Crippen LogP contribution in [0.4, 0.5) is 5.13 Å². The lowest BCUT2D eigenvalue weighted by Crippen LogP contribution is -2.33. The number of thiazole rings is 1. The quantitative estimate of drug-likeness (QED) is 0.730. The summed E-state index contributed by atoms with van der Waals surface area (Å²) in [4.78, 5) is 19.5. The molecule has 2 aromatic heterocycles. The summed E-state index contributed by atoms with van der Waals surface area (Å²) in [6, 6.07) is 9.23. The predicted octanol–water partition coefficient (Wildman–Crippen LogP) is 3.81. The second-order valence-corrected chi connectivity index (χ2v) is 7.94. The fourth-order valence-electron chi connectivity index (χ4n) is 3.45. The van der Waals surface area contributed by atoms with Gasteiger partial charge in [0.15, 0.2) is 5.13 Å². The molecule has 1 aromatic carbocycles. The highest BCUT2D eigenvalue weighted by Crippen LogP contribution is 2.21. The molecule has 1 fully saturated rings. The van der Waals surface area contributed by atoms with Crippen LogP contribution >= 0.6 is 11.3 Å². The Bertz CT molecular complexity index is 888. The average molecular weight is 382 g/mol. The molecule has 1 saturated heterocycles. The molecule has 7 heteroatoms. The third-order valence-electron chi connectivity index (χ3n) is 4.80. The van der Waals surface area contributed by atoms with Gasteiger partial charge in [-0.05, 0) is 55.6 Å². The second kappa shape index (κ2) is 8.02. The second-order valence-electron chi connectivity index (χ2n) is 7.08. The molecule has 0 aliphatic carbocycles. The molecule has 0 saturated carbocycles. The number of hydrogen-bond donors (Lipinski definition) is 1. The number of carbonyl (C=O) groups is 1. The van der Waals surface area contributed by atoms with E-state index in [-0.39, 0.29) is 5.91 Å². The lowest BCUT2D eigenvalue weighted by atomic mass is 10.0. The number of nitrogens with zero attached hydrogens (tertiary/aromatic N) is 4. The highest BCUT2D eigenvalue weighted by Gasteiger charge is 2.17. The van der Waals surface area contributed by atoms with Crippen molar-refractivity contribution >= 4 is 22.4 Å². The zero-order valence-electron chi connectivity index (χ0n) is 15.3. The fraction of sp³-hybridized carbons (Fsp3) is 0.350. The number of nitrogens with one attached hydrogen (secondary N) is 1. The molecule has 27 heavy (non-hydrogen) atoms. The summed E-state index contributed by atoms with van der Waals surface area (Å²) in [7, 11) is 0. The lowest BCUT2D eigenvalue weighted by molar-refractivity contribution is 0.102. The first-order valence-electron chi connectivity index (χ1n) is 9.25. The van der Waals surface area contributed by atoms with Crippen LogP contribution in [-0.2, 0) is 6.54 Å².